The summed E-state index contributed by atoms with van der Waals surface area (Å²) in [4.78, 5) is 16.3. The molecule has 0 radical (unpaired) electrons. The predicted octanol–water partition coefficient (Wildman–Crippen LogP) is 4.15. The first-order valence-corrected chi connectivity index (χ1v) is 9.01. The van der Waals surface area contributed by atoms with Crippen molar-refractivity contribution in [1.82, 2.24) is 4.98 Å². The molecule has 0 aliphatic heterocycles. The second-order valence-electron chi connectivity index (χ2n) is 6.61. The molecule has 4 heteroatoms. The van der Waals surface area contributed by atoms with Crippen LogP contribution in [0.5, 0.6) is 5.75 Å². The Hall–Kier alpha value is -3.66. The molecule has 0 atom stereocenters. The summed E-state index contributed by atoms with van der Waals surface area (Å²) in [5.74, 6) is -0.466. The molecular formula is C24H18NO3-. The van der Waals surface area contributed by atoms with Crippen molar-refractivity contribution in [2.75, 3.05) is 0 Å². The molecule has 0 bridgehead atoms. The number of carboxylic acids is 1. The molecule has 0 N–H and O–H groups in total. The summed E-state index contributed by atoms with van der Waals surface area (Å²) in [5, 5.41) is 12.2. The van der Waals surface area contributed by atoms with E-state index in [1.54, 1.807) is 12.1 Å². The highest BCUT2D eigenvalue weighted by atomic mass is 16.5. The van der Waals surface area contributed by atoms with Crippen molar-refractivity contribution < 1.29 is 14.6 Å². The molecule has 0 aliphatic carbocycles. The van der Waals surface area contributed by atoms with Crippen LogP contribution in [0.25, 0.3) is 22.2 Å². The second kappa shape index (κ2) is 7.53. The number of hydrogen-bond acceptors (Lipinski definition) is 4. The van der Waals surface area contributed by atoms with E-state index in [-0.39, 0.29) is 5.56 Å². The molecule has 0 amide bonds. The Morgan fingerprint density at radius 3 is 2.43 bits per heavy atom. The van der Waals surface area contributed by atoms with Crippen molar-refractivity contribution in [2.45, 2.75) is 13.5 Å². The Kier molecular flexibility index (Phi) is 4.77. The summed E-state index contributed by atoms with van der Waals surface area (Å²) in [5.41, 5.74) is 4.24. The summed E-state index contributed by atoms with van der Waals surface area (Å²) in [6, 6.07) is 24.5. The van der Waals surface area contributed by atoms with Crippen molar-refractivity contribution in [2.24, 2.45) is 0 Å². The maximum absolute atomic E-state index is 11.6. The van der Waals surface area contributed by atoms with Crippen molar-refractivity contribution in [1.29, 1.82) is 0 Å². The van der Waals surface area contributed by atoms with Crippen LogP contribution in [0.15, 0.2) is 78.9 Å². The zero-order chi connectivity index (χ0) is 19.5. The molecule has 28 heavy (non-hydrogen) atoms. The largest absolute Gasteiger partial charge is 0.545 e. The number of hydrogen-bond donors (Lipinski definition) is 0. The highest BCUT2D eigenvalue weighted by molar-refractivity contribution is 6.03. The van der Waals surface area contributed by atoms with Crippen LogP contribution in [0.3, 0.4) is 0 Å². The molecule has 0 fully saturated rings. The van der Waals surface area contributed by atoms with Gasteiger partial charge in [0, 0.05) is 16.5 Å². The maximum atomic E-state index is 11.6. The SMILES string of the molecule is Cc1cccc2c(C(=O)[O-])cc(-c3ccc(OCc4ccccc4)cc3)nc12. The van der Waals surface area contributed by atoms with Crippen molar-refractivity contribution in [3.8, 4) is 17.0 Å². The molecule has 0 saturated heterocycles. The van der Waals surface area contributed by atoms with Gasteiger partial charge in [0.25, 0.3) is 0 Å². The zero-order valence-electron chi connectivity index (χ0n) is 15.4. The van der Waals surface area contributed by atoms with Gasteiger partial charge in [0.2, 0.25) is 0 Å². The summed E-state index contributed by atoms with van der Waals surface area (Å²) in [7, 11) is 0. The van der Waals surface area contributed by atoms with Crippen LogP contribution in [-0.2, 0) is 6.61 Å². The fourth-order valence-corrected chi connectivity index (χ4v) is 3.17. The number of aryl methyl sites for hydroxylation is 1. The summed E-state index contributed by atoms with van der Waals surface area (Å²) >= 11 is 0. The van der Waals surface area contributed by atoms with E-state index in [9.17, 15) is 9.90 Å². The topological polar surface area (TPSA) is 62.2 Å². The first-order valence-electron chi connectivity index (χ1n) is 9.01. The van der Waals surface area contributed by atoms with E-state index in [0.29, 0.717) is 23.2 Å². The monoisotopic (exact) mass is 368 g/mol. The lowest BCUT2D eigenvalue weighted by Crippen LogP contribution is -2.22. The minimum atomic E-state index is -1.21. The highest BCUT2D eigenvalue weighted by Gasteiger charge is 2.10. The van der Waals surface area contributed by atoms with Crippen LogP contribution >= 0.6 is 0 Å². The molecule has 4 rings (SSSR count). The van der Waals surface area contributed by atoms with E-state index >= 15 is 0 Å². The van der Waals surface area contributed by atoms with Gasteiger partial charge < -0.3 is 14.6 Å². The standard InChI is InChI=1S/C24H19NO3/c1-16-6-5-9-20-21(24(26)27)14-22(25-23(16)20)18-10-12-19(13-11-18)28-15-17-7-3-2-4-8-17/h2-14H,15H2,1H3,(H,26,27)/p-1. The van der Waals surface area contributed by atoms with Gasteiger partial charge in [-0.2, -0.15) is 0 Å². The third-order valence-corrected chi connectivity index (χ3v) is 4.66. The molecule has 0 aliphatic rings. The number of carbonyl (C=O) groups is 1. The Morgan fingerprint density at radius 1 is 0.964 bits per heavy atom. The van der Waals surface area contributed by atoms with E-state index in [4.69, 9.17) is 4.74 Å². The Morgan fingerprint density at radius 2 is 1.71 bits per heavy atom. The fraction of sp³-hybridized carbons (Fsp3) is 0.0833. The molecule has 3 aromatic carbocycles. The fourth-order valence-electron chi connectivity index (χ4n) is 3.17. The number of rotatable bonds is 5. The number of carbonyl (C=O) groups excluding carboxylic acids is 1. The van der Waals surface area contributed by atoms with Gasteiger partial charge in [0.15, 0.2) is 0 Å². The van der Waals surface area contributed by atoms with Gasteiger partial charge in [0.1, 0.15) is 12.4 Å². The van der Waals surface area contributed by atoms with Crippen LogP contribution in [0.2, 0.25) is 0 Å². The molecule has 138 valence electrons. The molecule has 4 nitrogen and oxygen atoms in total. The van der Waals surface area contributed by atoms with Gasteiger partial charge in [-0.25, -0.2) is 4.98 Å². The lowest BCUT2D eigenvalue weighted by atomic mass is 10.0. The highest BCUT2D eigenvalue weighted by Crippen LogP contribution is 2.27. The second-order valence-corrected chi connectivity index (χ2v) is 6.61. The van der Waals surface area contributed by atoms with Crippen LogP contribution in [0.4, 0.5) is 0 Å². The molecule has 1 aromatic heterocycles. The Balaban J connectivity index is 1.64. The number of aromatic nitrogens is 1. The molecular weight excluding hydrogens is 350 g/mol. The minimum Gasteiger partial charge on any atom is -0.545 e. The van der Waals surface area contributed by atoms with Gasteiger partial charge >= 0.3 is 0 Å². The number of pyridine rings is 1. The smallest absolute Gasteiger partial charge is 0.119 e. The zero-order valence-corrected chi connectivity index (χ0v) is 15.4. The van der Waals surface area contributed by atoms with Crippen molar-refractivity contribution >= 4 is 16.9 Å². The molecule has 4 aromatic rings. The first kappa shape index (κ1) is 17.7. The lowest BCUT2D eigenvalue weighted by Gasteiger charge is -2.12. The van der Waals surface area contributed by atoms with Crippen LogP contribution in [0, 0.1) is 6.92 Å². The van der Waals surface area contributed by atoms with Gasteiger partial charge in [-0.15, -0.1) is 0 Å². The molecule has 0 saturated carbocycles. The van der Waals surface area contributed by atoms with Crippen LogP contribution < -0.4 is 9.84 Å². The molecule has 1 heterocycles. The number of ether oxygens (including phenoxy) is 1. The Labute approximate surface area is 163 Å². The molecule has 0 unspecified atom stereocenters. The van der Waals surface area contributed by atoms with E-state index in [0.717, 1.165) is 22.4 Å². The van der Waals surface area contributed by atoms with Gasteiger partial charge in [-0.05, 0) is 48.4 Å². The number of nitrogens with zero attached hydrogens (tertiary/aromatic N) is 1. The normalized spacial score (nSPS) is 10.8. The third-order valence-electron chi connectivity index (χ3n) is 4.66. The van der Waals surface area contributed by atoms with Crippen LogP contribution in [-0.4, -0.2) is 11.0 Å². The third kappa shape index (κ3) is 3.58. The van der Waals surface area contributed by atoms with E-state index < -0.39 is 5.97 Å². The quantitative estimate of drug-likeness (QED) is 0.531. The van der Waals surface area contributed by atoms with Crippen molar-refractivity contribution in [3.05, 3.63) is 95.6 Å². The molecule has 0 spiro atoms. The number of benzene rings is 3. The summed E-state index contributed by atoms with van der Waals surface area (Å²) in [6.45, 7) is 2.40. The lowest BCUT2D eigenvalue weighted by molar-refractivity contribution is -0.254. The summed E-state index contributed by atoms with van der Waals surface area (Å²) < 4.78 is 5.81. The first-order chi connectivity index (χ1) is 13.6. The average molecular weight is 368 g/mol. The minimum absolute atomic E-state index is 0.146. The number of aromatic carboxylic acids is 1. The van der Waals surface area contributed by atoms with E-state index in [1.165, 1.54) is 0 Å². The number of carboxylic acid groups (broad SMARTS) is 1. The van der Waals surface area contributed by atoms with Gasteiger partial charge in [-0.3, -0.25) is 0 Å². The summed E-state index contributed by atoms with van der Waals surface area (Å²) in [6.07, 6.45) is 0. The maximum Gasteiger partial charge on any atom is 0.119 e. The predicted molar refractivity (Wildman–Crippen MR) is 107 cm³/mol. The number of fused-ring (bicyclic) bond motifs is 1. The van der Waals surface area contributed by atoms with Crippen LogP contribution in [0.1, 0.15) is 21.5 Å². The Bertz CT molecular complexity index is 1140. The van der Waals surface area contributed by atoms with E-state index in [2.05, 4.69) is 4.98 Å². The number of para-hydroxylation sites is 1. The average Bonchev–Trinajstić information content (AvgIpc) is 2.73. The van der Waals surface area contributed by atoms with E-state index in [1.807, 2.05) is 73.7 Å². The van der Waals surface area contributed by atoms with Crippen molar-refractivity contribution in [3.63, 3.8) is 0 Å². The van der Waals surface area contributed by atoms with Gasteiger partial charge in [0.05, 0.1) is 17.2 Å². The van der Waals surface area contributed by atoms with Gasteiger partial charge in [-0.1, -0.05) is 48.5 Å².